The molecule has 0 aromatic heterocycles. The summed E-state index contributed by atoms with van der Waals surface area (Å²) in [6.07, 6.45) is 0. The average molecular weight is 178 g/mol. The van der Waals surface area contributed by atoms with Crippen molar-refractivity contribution in [3.8, 4) is 0 Å². The summed E-state index contributed by atoms with van der Waals surface area (Å²) in [7, 11) is 0. The van der Waals surface area contributed by atoms with Gasteiger partial charge in [0.25, 0.3) is 0 Å². The van der Waals surface area contributed by atoms with Gasteiger partial charge in [0.2, 0.25) is 0 Å². The number of alkyl halides is 3. The maximum Gasteiger partial charge on any atom is 0.117 e. The van der Waals surface area contributed by atoms with Crippen molar-refractivity contribution in [1.29, 1.82) is 0 Å². The third kappa shape index (κ3) is 5.06. The standard InChI is InChI=1S/C2H3BrCl2/c3-1-2(4)5/h2H,1H2. The Labute approximate surface area is 49.6 Å². The molecule has 0 nitrogen and oxygen atoms in total. The van der Waals surface area contributed by atoms with Crippen molar-refractivity contribution in [2.45, 2.75) is 4.84 Å². The van der Waals surface area contributed by atoms with Crippen molar-refractivity contribution in [3.05, 3.63) is 0 Å². The first-order chi connectivity index (χ1) is 2.27. The van der Waals surface area contributed by atoms with Crippen molar-refractivity contribution in [2.75, 3.05) is 5.33 Å². The van der Waals surface area contributed by atoms with E-state index in [4.69, 9.17) is 23.2 Å². The van der Waals surface area contributed by atoms with Gasteiger partial charge >= 0.3 is 0 Å². The molecule has 32 valence electrons. The molecule has 5 heavy (non-hydrogen) atoms. The summed E-state index contributed by atoms with van der Waals surface area (Å²) in [5, 5.41) is 0.649. The Morgan fingerprint density at radius 2 is 1.80 bits per heavy atom. The third-order valence-corrected chi connectivity index (χ3v) is 1.82. The Hall–Kier alpha value is 1.06. The van der Waals surface area contributed by atoms with Crippen LogP contribution in [0, 0.1) is 0 Å². The molecule has 0 fully saturated rings. The summed E-state index contributed by atoms with van der Waals surface area (Å²) in [6.45, 7) is 0. The number of hydrogen-bond acceptors (Lipinski definition) is 0. The zero-order chi connectivity index (χ0) is 4.28. The predicted molar refractivity (Wildman–Crippen MR) is 29.3 cm³/mol. The van der Waals surface area contributed by atoms with Crippen molar-refractivity contribution in [2.24, 2.45) is 0 Å². The molecule has 0 radical (unpaired) electrons. The Kier molecular flexibility index (Phi) is 3.95. The molecule has 0 aromatic carbocycles. The SMILES string of the molecule is ClC(Cl)CBr. The van der Waals surface area contributed by atoms with Crippen LogP contribution in [0.4, 0.5) is 0 Å². The van der Waals surface area contributed by atoms with E-state index in [1.165, 1.54) is 0 Å². The fourth-order valence-electron chi connectivity index (χ4n) is 0. The van der Waals surface area contributed by atoms with E-state index in [9.17, 15) is 0 Å². The van der Waals surface area contributed by atoms with Crippen LogP contribution in [0.2, 0.25) is 0 Å². The molecular formula is C2H3BrCl2. The Bertz CT molecular complexity index is 21.6. The maximum absolute atomic E-state index is 5.18. The van der Waals surface area contributed by atoms with E-state index in [2.05, 4.69) is 15.9 Å². The van der Waals surface area contributed by atoms with E-state index >= 15 is 0 Å². The number of halogens is 3. The predicted octanol–water partition coefficient (Wildman–Crippen LogP) is 2.18. The lowest BCUT2D eigenvalue weighted by Gasteiger charge is -1.82. The minimum atomic E-state index is -0.255. The van der Waals surface area contributed by atoms with Crippen LogP contribution in [-0.4, -0.2) is 10.2 Å². The second-order valence-corrected chi connectivity index (χ2v) is 2.47. The van der Waals surface area contributed by atoms with E-state index in [0.717, 1.165) is 0 Å². The molecule has 3 heteroatoms. The van der Waals surface area contributed by atoms with Crippen molar-refractivity contribution >= 4 is 39.1 Å². The van der Waals surface area contributed by atoms with E-state index in [1.54, 1.807) is 0 Å². The van der Waals surface area contributed by atoms with E-state index < -0.39 is 0 Å². The monoisotopic (exact) mass is 176 g/mol. The molecule has 0 bridgehead atoms. The Balaban J connectivity index is 2.54. The van der Waals surface area contributed by atoms with Gasteiger partial charge in [-0.05, 0) is 0 Å². The zero-order valence-corrected chi connectivity index (χ0v) is 5.52. The quantitative estimate of drug-likeness (QED) is 0.539. The van der Waals surface area contributed by atoms with Gasteiger partial charge in [-0.25, -0.2) is 0 Å². The molecule has 0 saturated carbocycles. The highest BCUT2D eigenvalue weighted by Gasteiger charge is 1.88. The summed E-state index contributed by atoms with van der Waals surface area (Å²) in [5.41, 5.74) is 0. The van der Waals surface area contributed by atoms with Gasteiger partial charge in [0, 0.05) is 5.33 Å². The smallest absolute Gasteiger partial charge is 0.104 e. The fraction of sp³-hybridized carbons (Fsp3) is 1.00. The number of rotatable bonds is 1. The first-order valence-electron chi connectivity index (χ1n) is 1.11. The Morgan fingerprint density at radius 1 is 1.60 bits per heavy atom. The highest BCUT2D eigenvalue weighted by Crippen LogP contribution is 2.02. The van der Waals surface area contributed by atoms with Gasteiger partial charge in [0.1, 0.15) is 4.84 Å². The van der Waals surface area contributed by atoms with Gasteiger partial charge in [0.15, 0.2) is 0 Å². The molecule has 0 unspecified atom stereocenters. The van der Waals surface area contributed by atoms with Crippen LogP contribution < -0.4 is 0 Å². The lowest BCUT2D eigenvalue weighted by Crippen LogP contribution is -1.81. The van der Waals surface area contributed by atoms with E-state index in [0.29, 0.717) is 5.33 Å². The van der Waals surface area contributed by atoms with E-state index in [-0.39, 0.29) is 4.84 Å². The van der Waals surface area contributed by atoms with Crippen LogP contribution in [0.25, 0.3) is 0 Å². The van der Waals surface area contributed by atoms with Gasteiger partial charge in [-0.15, -0.1) is 23.2 Å². The van der Waals surface area contributed by atoms with Crippen LogP contribution in [0.1, 0.15) is 0 Å². The Morgan fingerprint density at radius 3 is 1.80 bits per heavy atom. The molecular weight excluding hydrogens is 175 g/mol. The summed E-state index contributed by atoms with van der Waals surface area (Å²) in [5.74, 6) is 0. The summed E-state index contributed by atoms with van der Waals surface area (Å²) in [4.78, 5) is -0.255. The van der Waals surface area contributed by atoms with Crippen LogP contribution in [0.15, 0.2) is 0 Å². The minimum Gasteiger partial charge on any atom is -0.104 e. The zero-order valence-electron chi connectivity index (χ0n) is 2.42. The highest BCUT2D eigenvalue weighted by atomic mass is 79.9. The summed E-state index contributed by atoms with van der Waals surface area (Å²) >= 11 is 13.4. The molecule has 0 aromatic rings. The largest absolute Gasteiger partial charge is 0.117 e. The minimum absolute atomic E-state index is 0.255. The first-order valence-corrected chi connectivity index (χ1v) is 3.11. The van der Waals surface area contributed by atoms with Gasteiger partial charge in [-0.1, -0.05) is 15.9 Å². The maximum atomic E-state index is 5.18. The summed E-state index contributed by atoms with van der Waals surface area (Å²) < 4.78 is 0. The molecule has 0 aliphatic rings. The molecule has 0 atom stereocenters. The van der Waals surface area contributed by atoms with Gasteiger partial charge in [0.05, 0.1) is 0 Å². The van der Waals surface area contributed by atoms with Crippen LogP contribution in [0.5, 0.6) is 0 Å². The lowest BCUT2D eigenvalue weighted by molar-refractivity contribution is 1.44. The van der Waals surface area contributed by atoms with Crippen molar-refractivity contribution < 1.29 is 0 Å². The topological polar surface area (TPSA) is 0 Å². The van der Waals surface area contributed by atoms with Crippen LogP contribution >= 0.6 is 39.1 Å². The highest BCUT2D eigenvalue weighted by molar-refractivity contribution is 9.09. The van der Waals surface area contributed by atoms with Crippen LogP contribution in [0.3, 0.4) is 0 Å². The summed E-state index contributed by atoms with van der Waals surface area (Å²) in [6, 6.07) is 0. The second-order valence-electron chi connectivity index (χ2n) is 0.545. The molecule has 0 aliphatic heterocycles. The number of hydrogen-bond donors (Lipinski definition) is 0. The fourth-order valence-corrected chi connectivity index (χ4v) is 0. The average Bonchev–Trinajstić information content (AvgIpc) is 1.38. The first kappa shape index (κ1) is 6.06. The molecule has 0 rings (SSSR count). The molecule has 0 saturated heterocycles. The third-order valence-electron chi connectivity index (χ3n) is 0.117. The molecule has 0 spiro atoms. The molecule has 0 N–H and O–H groups in total. The van der Waals surface area contributed by atoms with Gasteiger partial charge < -0.3 is 0 Å². The normalized spacial score (nSPS) is 9.60. The molecule has 0 heterocycles. The van der Waals surface area contributed by atoms with Crippen LogP contribution in [-0.2, 0) is 0 Å². The second kappa shape index (κ2) is 3.26. The molecule has 0 amide bonds. The lowest BCUT2D eigenvalue weighted by atomic mass is 11.0. The van der Waals surface area contributed by atoms with Gasteiger partial charge in [-0.3, -0.25) is 0 Å². The van der Waals surface area contributed by atoms with Crippen molar-refractivity contribution in [3.63, 3.8) is 0 Å². The van der Waals surface area contributed by atoms with Crippen molar-refractivity contribution in [1.82, 2.24) is 0 Å². The van der Waals surface area contributed by atoms with Gasteiger partial charge in [-0.2, -0.15) is 0 Å². The van der Waals surface area contributed by atoms with E-state index in [1.807, 2.05) is 0 Å². The molecule has 0 aliphatic carbocycles.